The highest BCUT2D eigenvalue weighted by Gasteiger charge is 2.17. The van der Waals surface area contributed by atoms with E-state index < -0.39 is 11.8 Å². The lowest BCUT2D eigenvalue weighted by Gasteiger charge is -2.14. The van der Waals surface area contributed by atoms with Crippen molar-refractivity contribution in [2.45, 2.75) is 6.61 Å². The molecule has 3 rings (SSSR count). The van der Waals surface area contributed by atoms with Gasteiger partial charge in [0, 0.05) is 5.56 Å². The maximum absolute atomic E-state index is 12.5. The van der Waals surface area contributed by atoms with Gasteiger partial charge in [0.15, 0.2) is 11.5 Å². The summed E-state index contributed by atoms with van der Waals surface area (Å²) in [6, 6.07) is 20.2. The molecule has 0 aliphatic rings. The lowest BCUT2D eigenvalue weighted by atomic mass is 10.1. The first kappa shape index (κ1) is 25.1. The summed E-state index contributed by atoms with van der Waals surface area (Å²) in [7, 11) is 4.38. The van der Waals surface area contributed by atoms with Gasteiger partial charge in [0.05, 0.1) is 34.1 Å². The zero-order chi connectivity index (χ0) is 25.0. The van der Waals surface area contributed by atoms with E-state index in [1.165, 1.54) is 39.7 Å². The van der Waals surface area contributed by atoms with Crippen molar-refractivity contribution < 1.29 is 28.5 Å². The van der Waals surface area contributed by atoms with Crippen LogP contribution in [0.3, 0.4) is 0 Å². The SMILES string of the molecule is COc1cc(C(=O)NCC(=O)NN=Cc2cccc(OCc3ccccc3)c2)cc(OC)c1OC. The molecular weight excluding hydrogens is 450 g/mol. The van der Waals surface area contributed by atoms with Crippen LogP contribution in [0.5, 0.6) is 23.0 Å². The second-order valence-corrected chi connectivity index (χ2v) is 7.24. The van der Waals surface area contributed by atoms with Crippen LogP contribution in [0.1, 0.15) is 21.5 Å². The maximum atomic E-state index is 12.5. The van der Waals surface area contributed by atoms with E-state index >= 15 is 0 Å². The average molecular weight is 478 g/mol. The molecule has 0 radical (unpaired) electrons. The van der Waals surface area contributed by atoms with Crippen molar-refractivity contribution in [2.75, 3.05) is 27.9 Å². The minimum Gasteiger partial charge on any atom is -0.493 e. The molecule has 9 heteroatoms. The van der Waals surface area contributed by atoms with Crippen LogP contribution < -0.4 is 29.7 Å². The van der Waals surface area contributed by atoms with E-state index in [1.54, 1.807) is 0 Å². The molecule has 35 heavy (non-hydrogen) atoms. The van der Waals surface area contributed by atoms with Gasteiger partial charge >= 0.3 is 0 Å². The smallest absolute Gasteiger partial charge is 0.259 e. The molecule has 0 spiro atoms. The number of benzene rings is 3. The van der Waals surface area contributed by atoms with Crippen LogP contribution in [0, 0.1) is 0 Å². The molecule has 0 saturated carbocycles. The molecule has 182 valence electrons. The highest BCUT2D eigenvalue weighted by Crippen LogP contribution is 2.38. The Kier molecular flexibility index (Phi) is 9.07. The fourth-order valence-corrected chi connectivity index (χ4v) is 3.12. The molecule has 0 aliphatic heterocycles. The number of carbonyl (C=O) groups is 2. The Morgan fingerprint density at radius 2 is 1.60 bits per heavy atom. The van der Waals surface area contributed by atoms with E-state index in [1.807, 2.05) is 54.6 Å². The second kappa shape index (κ2) is 12.6. The Labute approximate surface area is 203 Å². The van der Waals surface area contributed by atoms with E-state index in [0.29, 0.717) is 29.6 Å². The average Bonchev–Trinajstić information content (AvgIpc) is 2.90. The summed E-state index contributed by atoms with van der Waals surface area (Å²) in [5.74, 6) is 0.752. The third-order valence-electron chi connectivity index (χ3n) is 4.85. The zero-order valence-electron chi connectivity index (χ0n) is 19.7. The Morgan fingerprint density at radius 1 is 0.886 bits per heavy atom. The largest absolute Gasteiger partial charge is 0.493 e. The van der Waals surface area contributed by atoms with E-state index in [9.17, 15) is 9.59 Å². The maximum Gasteiger partial charge on any atom is 0.259 e. The highest BCUT2D eigenvalue weighted by atomic mass is 16.5. The lowest BCUT2D eigenvalue weighted by molar-refractivity contribution is -0.120. The molecule has 2 N–H and O–H groups in total. The summed E-state index contributed by atoms with van der Waals surface area (Å²) in [5, 5.41) is 6.47. The predicted molar refractivity (Wildman–Crippen MR) is 131 cm³/mol. The van der Waals surface area contributed by atoms with Crippen molar-refractivity contribution >= 4 is 18.0 Å². The Balaban J connectivity index is 1.50. The minimum atomic E-state index is -0.487. The lowest BCUT2D eigenvalue weighted by Crippen LogP contribution is -2.34. The molecule has 0 aromatic heterocycles. The molecule has 2 amide bonds. The number of amides is 2. The molecule has 3 aromatic carbocycles. The Bertz CT molecular complexity index is 1160. The van der Waals surface area contributed by atoms with E-state index in [2.05, 4.69) is 15.8 Å². The summed E-state index contributed by atoms with van der Waals surface area (Å²) in [4.78, 5) is 24.6. The van der Waals surface area contributed by atoms with Crippen molar-refractivity contribution in [3.63, 3.8) is 0 Å². The molecule has 0 heterocycles. The van der Waals surface area contributed by atoms with Crippen LogP contribution in [0.4, 0.5) is 0 Å². The normalized spacial score (nSPS) is 10.5. The first-order valence-corrected chi connectivity index (χ1v) is 10.7. The van der Waals surface area contributed by atoms with Crippen LogP contribution in [-0.2, 0) is 11.4 Å². The number of hydrogen-bond acceptors (Lipinski definition) is 7. The van der Waals surface area contributed by atoms with Crippen LogP contribution in [-0.4, -0.2) is 45.9 Å². The number of methoxy groups -OCH3 is 3. The molecule has 0 atom stereocenters. The molecule has 0 unspecified atom stereocenters. The van der Waals surface area contributed by atoms with Gasteiger partial charge in [-0.2, -0.15) is 5.10 Å². The van der Waals surface area contributed by atoms with Crippen molar-refractivity contribution in [1.82, 2.24) is 10.7 Å². The third kappa shape index (κ3) is 7.23. The first-order valence-electron chi connectivity index (χ1n) is 10.7. The molecule has 0 aliphatic carbocycles. The summed E-state index contributed by atoms with van der Waals surface area (Å²) in [5.41, 5.74) is 4.45. The summed E-state index contributed by atoms with van der Waals surface area (Å²) >= 11 is 0. The number of nitrogens with zero attached hydrogens (tertiary/aromatic N) is 1. The molecule has 0 bridgehead atoms. The number of nitrogens with one attached hydrogen (secondary N) is 2. The summed E-state index contributed by atoms with van der Waals surface area (Å²) in [6.07, 6.45) is 1.49. The van der Waals surface area contributed by atoms with Gasteiger partial charge in [0.2, 0.25) is 5.75 Å². The fourth-order valence-electron chi connectivity index (χ4n) is 3.12. The van der Waals surface area contributed by atoms with Crippen LogP contribution >= 0.6 is 0 Å². The van der Waals surface area contributed by atoms with Gasteiger partial charge in [-0.25, -0.2) is 5.43 Å². The molecule has 0 saturated heterocycles. The third-order valence-corrected chi connectivity index (χ3v) is 4.85. The Morgan fingerprint density at radius 3 is 2.26 bits per heavy atom. The van der Waals surface area contributed by atoms with Gasteiger partial charge in [-0.15, -0.1) is 0 Å². The standard InChI is InChI=1S/C26H27N3O6/c1-32-22-13-20(14-23(33-2)25(22)34-3)26(31)27-16-24(30)29-28-15-19-10-7-11-21(12-19)35-17-18-8-5-4-6-9-18/h4-15H,16-17H2,1-3H3,(H,27,31)(H,29,30). The van der Waals surface area contributed by atoms with Gasteiger partial charge in [0.1, 0.15) is 12.4 Å². The molecule has 3 aromatic rings. The Hall–Kier alpha value is -4.53. The van der Waals surface area contributed by atoms with E-state index in [0.717, 1.165) is 11.1 Å². The monoisotopic (exact) mass is 477 g/mol. The molecule has 9 nitrogen and oxygen atoms in total. The van der Waals surface area contributed by atoms with Crippen molar-refractivity contribution in [2.24, 2.45) is 5.10 Å². The number of carbonyl (C=O) groups excluding carboxylic acids is 2. The van der Waals surface area contributed by atoms with Crippen LogP contribution in [0.15, 0.2) is 71.8 Å². The van der Waals surface area contributed by atoms with Gasteiger partial charge in [-0.05, 0) is 35.4 Å². The van der Waals surface area contributed by atoms with Gasteiger partial charge < -0.3 is 24.3 Å². The van der Waals surface area contributed by atoms with Crippen molar-refractivity contribution in [3.8, 4) is 23.0 Å². The number of rotatable bonds is 11. The van der Waals surface area contributed by atoms with Crippen molar-refractivity contribution in [3.05, 3.63) is 83.4 Å². The highest BCUT2D eigenvalue weighted by molar-refractivity contribution is 5.97. The second-order valence-electron chi connectivity index (χ2n) is 7.24. The quantitative estimate of drug-likeness (QED) is 0.325. The van der Waals surface area contributed by atoms with Crippen LogP contribution in [0.25, 0.3) is 0 Å². The fraction of sp³-hybridized carbons (Fsp3) is 0.192. The van der Waals surface area contributed by atoms with Gasteiger partial charge in [-0.1, -0.05) is 42.5 Å². The number of hydrazone groups is 1. The topological polar surface area (TPSA) is 107 Å². The van der Waals surface area contributed by atoms with E-state index in [4.69, 9.17) is 18.9 Å². The molecule has 0 fully saturated rings. The number of ether oxygens (including phenoxy) is 4. The first-order chi connectivity index (χ1) is 17.0. The van der Waals surface area contributed by atoms with Crippen LogP contribution in [0.2, 0.25) is 0 Å². The number of hydrogen-bond donors (Lipinski definition) is 2. The summed E-state index contributed by atoms with van der Waals surface area (Å²) < 4.78 is 21.5. The summed E-state index contributed by atoms with van der Waals surface area (Å²) in [6.45, 7) is 0.177. The minimum absolute atomic E-state index is 0.253. The molecular formula is C26H27N3O6. The predicted octanol–water partition coefficient (Wildman–Crippen LogP) is 3.17. The van der Waals surface area contributed by atoms with E-state index in [-0.39, 0.29) is 12.1 Å². The zero-order valence-corrected chi connectivity index (χ0v) is 19.7. The van der Waals surface area contributed by atoms with Gasteiger partial charge in [-0.3, -0.25) is 9.59 Å². The van der Waals surface area contributed by atoms with Gasteiger partial charge in [0.25, 0.3) is 11.8 Å². The van der Waals surface area contributed by atoms with Crippen molar-refractivity contribution in [1.29, 1.82) is 0 Å².